The third kappa shape index (κ3) is 3.06. The van der Waals surface area contributed by atoms with Gasteiger partial charge in [0.15, 0.2) is 0 Å². The Labute approximate surface area is 161 Å². The first kappa shape index (κ1) is 17.0. The van der Waals surface area contributed by atoms with Gasteiger partial charge in [-0.2, -0.15) is 5.10 Å². The molecule has 0 amide bonds. The Morgan fingerprint density at radius 2 is 1.82 bits per heavy atom. The predicted molar refractivity (Wildman–Crippen MR) is 105 cm³/mol. The Morgan fingerprint density at radius 3 is 2.57 bits per heavy atom. The molecular formula is C22H19FN4O. The van der Waals surface area contributed by atoms with Gasteiger partial charge in [-0.25, -0.2) is 8.91 Å². The van der Waals surface area contributed by atoms with Crippen LogP contribution in [0, 0.1) is 5.82 Å². The topological polar surface area (TPSA) is 51.5 Å². The quantitative estimate of drug-likeness (QED) is 0.592. The zero-order valence-electron chi connectivity index (χ0n) is 15.2. The Balaban J connectivity index is 1.69. The molecule has 1 atom stereocenters. The second-order valence-corrected chi connectivity index (χ2v) is 6.84. The summed E-state index contributed by atoms with van der Waals surface area (Å²) < 4.78 is 20.9. The second kappa shape index (κ2) is 7.14. The molecule has 6 heteroatoms. The minimum atomic E-state index is -0.261. The van der Waals surface area contributed by atoms with Crippen molar-refractivity contribution < 1.29 is 9.13 Å². The summed E-state index contributed by atoms with van der Waals surface area (Å²) in [5.41, 5.74) is 5.84. The summed E-state index contributed by atoms with van der Waals surface area (Å²) >= 11 is 0. The molecule has 1 aliphatic heterocycles. The van der Waals surface area contributed by atoms with Gasteiger partial charge >= 0.3 is 0 Å². The molecule has 5 nitrogen and oxygen atoms in total. The van der Waals surface area contributed by atoms with Crippen molar-refractivity contribution in [3.63, 3.8) is 0 Å². The van der Waals surface area contributed by atoms with E-state index in [0.29, 0.717) is 6.61 Å². The third-order valence-corrected chi connectivity index (χ3v) is 5.06. The van der Waals surface area contributed by atoms with Crippen molar-refractivity contribution in [3.8, 4) is 22.4 Å². The first-order valence-electron chi connectivity index (χ1n) is 9.29. The molecule has 0 bridgehead atoms. The van der Waals surface area contributed by atoms with Crippen molar-refractivity contribution in [3.05, 3.63) is 78.5 Å². The van der Waals surface area contributed by atoms with E-state index in [1.54, 1.807) is 24.5 Å². The summed E-state index contributed by atoms with van der Waals surface area (Å²) in [7, 11) is 0. The van der Waals surface area contributed by atoms with Crippen LogP contribution in [0.1, 0.15) is 11.6 Å². The molecule has 1 aliphatic rings. The lowest BCUT2D eigenvalue weighted by Gasteiger charge is -2.24. The molecule has 140 valence electrons. The number of fused-ring (bicyclic) bond motifs is 1. The van der Waals surface area contributed by atoms with Crippen LogP contribution in [0.2, 0.25) is 0 Å². The monoisotopic (exact) mass is 374 g/mol. The number of nitrogens with zero attached hydrogens (tertiary/aromatic N) is 3. The van der Waals surface area contributed by atoms with Crippen molar-refractivity contribution in [1.82, 2.24) is 19.9 Å². The van der Waals surface area contributed by atoms with Crippen LogP contribution in [0.3, 0.4) is 0 Å². The maximum absolute atomic E-state index is 13.4. The molecular weight excluding hydrogens is 355 g/mol. The number of aromatic nitrogens is 3. The van der Waals surface area contributed by atoms with Crippen molar-refractivity contribution >= 4 is 5.52 Å². The van der Waals surface area contributed by atoms with E-state index in [2.05, 4.69) is 22.4 Å². The first-order valence-corrected chi connectivity index (χ1v) is 9.29. The number of halogens is 1. The highest BCUT2D eigenvalue weighted by Crippen LogP contribution is 2.35. The smallest absolute Gasteiger partial charge is 0.123 e. The first-order chi connectivity index (χ1) is 13.8. The molecule has 4 aromatic rings. The van der Waals surface area contributed by atoms with Gasteiger partial charge in [0.05, 0.1) is 24.8 Å². The lowest BCUT2D eigenvalue weighted by atomic mass is 10.00. The van der Waals surface area contributed by atoms with E-state index < -0.39 is 0 Å². The number of pyridine rings is 2. The minimum Gasteiger partial charge on any atom is -0.378 e. The number of morpholine rings is 1. The van der Waals surface area contributed by atoms with Gasteiger partial charge in [-0.3, -0.25) is 4.98 Å². The summed E-state index contributed by atoms with van der Waals surface area (Å²) in [6, 6.07) is 14.7. The molecule has 4 heterocycles. The normalized spacial score (nSPS) is 17.1. The lowest BCUT2D eigenvalue weighted by molar-refractivity contribution is 0.0767. The fourth-order valence-electron chi connectivity index (χ4n) is 3.66. The molecule has 0 aliphatic carbocycles. The van der Waals surface area contributed by atoms with Gasteiger partial charge in [-0.05, 0) is 53.6 Å². The third-order valence-electron chi connectivity index (χ3n) is 5.06. The number of rotatable bonds is 3. The van der Waals surface area contributed by atoms with Crippen LogP contribution < -0.4 is 5.32 Å². The van der Waals surface area contributed by atoms with Crippen LogP contribution in [0.15, 0.2) is 67.1 Å². The molecule has 1 fully saturated rings. The molecule has 1 saturated heterocycles. The van der Waals surface area contributed by atoms with E-state index in [-0.39, 0.29) is 11.9 Å². The maximum atomic E-state index is 13.4. The predicted octanol–water partition coefficient (Wildman–Crippen LogP) is 3.86. The number of hydrogen-bond donors (Lipinski definition) is 1. The number of ether oxygens (including phenoxy) is 1. The van der Waals surface area contributed by atoms with Crippen molar-refractivity contribution in [1.29, 1.82) is 0 Å². The van der Waals surface area contributed by atoms with Gasteiger partial charge in [0.1, 0.15) is 11.5 Å². The molecule has 1 aromatic carbocycles. The van der Waals surface area contributed by atoms with E-state index in [9.17, 15) is 4.39 Å². The zero-order valence-corrected chi connectivity index (χ0v) is 15.2. The Morgan fingerprint density at radius 1 is 1.00 bits per heavy atom. The average molecular weight is 374 g/mol. The number of benzene rings is 1. The Hall–Kier alpha value is -3.09. The van der Waals surface area contributed by atoms with Gasteiger partial charge in [-0.1, -0.05) is 6.07 Å². The standard InChI is InChI=1S/C22H19FN4O/c23-18-4-1-16(2-5-18)22-21(15-7-9-24-10-8-15)20-6-3-17(13-27(20)26-22)19-14-28-12-11-25-19/h1-10,13,19,25H,11-12,14H2/t19-/m0/s1. The largest absolute Gasteiger partial charge is 0.378 e. The fourth-order valence-corrected chi connectivity index (χ4v) is 3.66. The minimum absolute atomic E-state index is 0.154. The van der Waals surface area contributed by atoms with Gasteiger partial charge in [0, 0.05) is 36.3 Å². The molecule has 1 N–H and O–H groups in total. The molecule has 28 heavy (non-hydrogen) atoms. The van der Waals surface area contributed by atoms with Gasteiger partial charge in [0.25, 0.3) is 0 Å². The number of hydrogen-bond acceptors (Lipinski definition) is 4. The molecule has 0 spiro atoms. The summed E-state index contributed by atoms with van der Waals surface area (Å²) in [5, 5.41) is 8.32. The van der Waals surface area contributed by atoms with Crippen LogP contribution in [-0.2, 0) is 4.74 Å². The van der Waals surface area contributed by atoms with Crippen LogP contribution >= 0.6 is 0 Å². The summed E-state index contributed by atoms with van der Waals surface area (Å²) in [6.07, 6.45) is 5.58. The summed E-state index contributed by atoms with van der Waals surface area (Å²) in [4.78, 5) is 4.13. The van der Waals surface area contributed by atoms with E-state index >= 15 is 0 Å². The van der Waals surface area contributed by atoms with E-state index in [1.807, 2.05) is 22.8 Å². The Bertz CT molecular complexity index is 1100. The molecule has 0 saturated carbocycles. The molecule has 0 unspecified atom stereocenters. The maximum Gasteiger partial charge on any atom is 0.123 e. The lowest BCUT2D eigenvalue weighted by Crippen LogP contribution is -2.34. The van der Waals surface area contributed by atoms with Crippen LogP contribution in [0.5, 0.6) is 0 Å². The van der Waals surface area contributed by atoms with Gasteiger partial charge in [0.2, 0.25) is 0 Å². The summed E-state index contributed by atoms with van der Waals surface area (Å²) in [5.74, 6) is -0.261. The van der Waals surface area contributed by atoms with E-state index in [4.69, 9.17) is 9.84 Å². The highest BCUT2D eigenvalue weighted by molar-refractivity contribution is 5.92. The second-order valence-electron chi connectivity index (χ2n) is 6.84. The molecule has 3 aromatic heterocycles. The molecule has 5 rings (SSSR count). The Kier molecular flexibility index (Phi) is 4.35. The van der Waals surface area contributed by atoms with Crippen LogP contribution in [-0.4, -0.2) is 34.4 Å². The van der Waals surface area contributed by atoms with Crippen molar-refractivity contribution in [2.45, 2.75) is 6.04 Å². The van der Waals surface area contributed by atoms with Gasteiger partial charge in [-0.15, -0.1) is 0 Å². The van der Waals surface area contributed by atoms with Crippen molar-refractivity contribution in [2.75, 3.05) is 19.8 Å². The highest BCUT2D eigenvalue weighted by atomic mass is 19.1. The average Bonchev–Trinajstić information content (AvgIpc) is 3.14. The van der Waals surface area contributed by atoms with Crippen molar-refractivity contribution in [2.24, 2.45) is 0 Å². The van der Waals surface area contributed by atoms with E-state index in [0.717, 1.165) is 46.6 Å². The SMILES string of the molecule is Fc1ccc(-c2nn3cc([C@@H]4COCCN4)ccc3c2-c2ccncc2)cc1. The van der Waals surface area contributed by atoms with Crippen LogP contribution in [0.25, 0.3) is 27.9 Å². The fraction of sp³-hybridized carbons (Fsp3) is 0.182. The number of nitrogens with one attached hydrogen (secondary N) is 1. The van der Waals surface area contributed by atoms with Gasteiger partial charge < -0.3 is 10.1 Å². The van der Waals surface area contributed by atoms with Crippen LogP contribution in [0.4, 0.5) is 4.39 Å². The van der Waals surface area contributed by atoms with E-state index in [1.165, 1.54) is 12.1 Å². The zero-order chi connectivity index (χ0) is 18.9. The highest BCUT2D eigenvalue weighted by Gasteiger charge is 2.20. The molecule has 0 radical (unpaired) electrons. The summed E-state index contributed by atoms with van der Waals surface area (Å²) in [6.45, 7) is 2.22.